The van der Waals surface area contributed by atoms with Crippen LogP contribution in [0.5, 0.6) is 0 Å². The van der Waals surface area contributed by atoms with Gasteiger partial charge in [-0.15, -0.1) is 0 Å². The molecule has 0 bridgehead atoms. The Morgan fingerprint density at radius 1 is 1.50 bits per heavy atom. The van der Waals surface area contributed by atoms with E-state index in [0.29, 0.717) is 11.3 Å². The Labute approximate surface area is 139 Å². The summed E-state index contributed by atoms with van der Waals surface area (Å²) in [5.41, 5.74) is 2.85. The summed E-state index contributed by atoms with van der Waals surface area (Å²) >= 11 is 0. The second kappa shape index (κ2) is 5.74. The molecule has 0 saturated heterocycles. The average molecular weight is 325 g/mol. The Bertz CT molecular complexity index is 911. The summed E-state index contributed by atoms with van der Waals surface area (Å²) in [4.78, 5) is 21.3. The van der Waals surface area contributed by atoms with Crippen molar-refractivity contribution >= 4 is 17.0 Å². The molecule has 7 heteroatoms. The lowest BCUT2D eigenvalue weighted by molar-refractivity contribution is 0.0927. The third-order valence-electron chi connectivity index (χ3n) is 4.45. The number of hydrogen-bond acceptors (Lipinski definition) is 5. The topological polar surface area (TPSA) is 85.8 Å². The van der Waals surface area contributed by atoms with Gasteiger partial charge in [-0.25, -0.2) is 9.97 Å². The zero-order valence-corrected chi connectivity index (χ0v) is 13.7. The van der Waals surface area contributed by atoms with Crippen LogP contribution in [0, 0.1) is 6.92 Å². The number of carbonyl (C=O) groups excluding carboxylic acids is 1. The van der Waals surface area contributed by atoms with E-state index in [2.05, 4.69) is 25.0 Å². The van der Waals surface area contributed by atoms with Crippen molar-refractivity contribution in [1.29, 1.82) is 0 Å². The van der Waals surface area contributed by atoms with Gasteiger partial charge in [-0.3, -0.25) is 4.79 Å². The molecule has 1 unspecified atom stereocenters. The minimum absolute atomic E-state index is 0.0995. The predicted molar refractivity (Wildman–Crippen MR) is 87.7 cm³/mol. The van der Waals surface area contributed by atoms with Gasteiger partial charge in [0, 0.05) is 31.4 Å². The van der Waals surface area contributed by atoms with E-state index >= 15 is 0 Å². The Morgan fingerprint density at radius 2 is 2.38 bits per heavy atom. The molecule has 0 aliphatic carbocycles. The number of imidazole rings is 1. The molecule has 3 aromatic heterocycles. The molecule has 24 heavy (non-hydrogen) atoms. The highest BCUT2D eigenvalue weighted by Gasteiger charge is 2.22. The lowest BCUT2D eigenvalue weighted by Crippen LogP contribution is -2.40. The zero-order chi connectivity index (χ0) is 16.7. The highest BCUT2D eigenvalue weighted by atomic mass is 16.5. The number of pyridine rings is 1. The SMILES string of the molecule is CCc1noc2ncc(C(=O)NC3CCc4nc(C)cn4C3)cc12. The van der Waals surface area contributed by atoms with Crippen molar-refractivity contribution in [3.05, 3.63) is 41.2 Å². The van der Waals surface area contributed by atoms with Crippen molar-refractivity contribution in [3.8, 4) is 0 Å². The second-order valence-corrected chi connectivity index (χ2v) is 6.22. The molecular weight excluding hydrogens is 306 g/mol. The van der Waals surface area contributed by atoms with Crippen LogP contribution in [0.25, 0.3) is 11.1 Å². The largest absolute Gasteiger partial charge is 0.347 e. The zero-order valence-electron chi connectivity index (χ0n) is 13.7. The van der Waals surface area contributed by atoms with E-state index in [-0.39, 0.29) is 11.9 Å². The number of aryl methyl sites for hydroxylation is 3. The summed E-state index contributed by atoms with van der Waals surface area (Å²) in [6.07, 6.45) is 6.09. The van der Waals surface area contributed by atoms with E-state index in [0.717, 1.165) is 48.4 Å². The summed E-state index contributed by atoms with van der Waals surface area (Å²) in [5.74, 6) is 0.982. The Balaban J connectivity index is 1.52. The van der Waals surface area contributed by atoms with Crippen LogP contribution in [-0.4, -0.2) is 31.6 Å². The molecule has 0 spiro atoms. The first-order valence-corrected chi connectivity index (χ1v) is 8.22. The second-order valence-electron chi connectivity index (χ2n) is 6.22. The smallest absolute Gasteiger partial charge is 0.257 e. The Morgan fingerprint density at radius 3 is 3.21 bits per heavy atom. The van der Waals surface area contributed by atoms with E-state index in [9.17, 15) is 4.79 Å². The van der Waals surface area contributed by atoms with Crippen molar-refractivity contribution in [2.24, 2.45) is 0 Å². The molecule has 0 radical (unpaired) electrons. The molecule has 4 heterocycles. The van der Waals surface area contributed by atoms with Crippen LogP contribution in [0.3, 0.4) is 0 Å². The van der Waals surface area contributed by atoms with Crippen molar-refractivity contribution in [1.82, 2.24) is 25.0 Å². The highest BCUT2D eigenvalue weighted by Crippen LogP contribution is 2.19. The van der Waals surface area contributed by atoms with Gasteiger partial charge in [-0.1, -0.05) is 12.1 Å². The molecule has 1 atom stereocenters. The fraction of sp³-hybridized carbons (Fsp3) is 0.412. The highest BCUT2D eigenvalue weighted by molar-refractivity contribution is 5.97. The summed E-state index contributed by atoms with van der Waals surface area (Å²) < 4.78 is 7.29. The van der Waals surface area contributed by atoms with Crippen molar-refractivity contribution in [2.75, 3.05) is 0 Å². The van der Waals surface area contributed by atoms with Gasteiger partial charge in [0.25, 0.3) is 11.6 Å². The van der Waals surface area contributed by atoms with Gasteiger partial charge in [0.2, 0.25) is 0 Å². The lowest BCUT2D eigenvalue weighted by atomic mass is 10.1. The van der Waals surface area contributed by atoms with Crippen LogP contribution < -0.4 is 5.32 Å². The maximum atomic E-state index is 12.6. The molecule has 0 fully saturated rings. The van der Waals surface area contributed by atoms with Gasteiger partial charge < -0.3 is 14.4 Å². The first kappa shape index (κ1) is 14.9. The Kier molecular flexibility index (Phi) is 3.55. The maximum Gasteiger partial charge on any atom is 0.257 e. The normalized spacial score (nSPS) is 17.0. The third-order valence-corrected chi connectivity index (χ3v) is 4.45. The maximum absolute atomic E-state index is 12.6. The molecule has 7 nitrogen and oxygen atoms in total. The Hall–Kier alpha value is -2.70. The first-order valence-electron chi connectivity index (χ1n) is 8.22. The van der Waals surface area contributed by atoms with Gasteiger partial charge in [0.1, 0.15) is 5.82 Å². The van der Waals surface area contributed by atoms with Crippen molar-refractivity contribution < 1.29 is 9.32 Å². The molecule has 1 amide bonds. The van der Waals surface area contributed by atoms with Crippen molar-refractivity contribution in [3.63, 3.8) is 0 Å². The molecule has 0 aromatic carbocycles. The van der Waals surface area contributed by atoms with Gasteiger partial charge in [0.15, 0.2) is 0 Å². The lowest BCUT2D eigenvalue weighted by Gasteiger charge is -2.24. The van der Waals surface area contributed by atoms with E-state index in [4.69, 9.17) is 4.52 Å². The summed E-state index contributed by atoms with van der Waals surface area (Å²) in [6.45, 7) is 4.74. The van der Waals surface area contributed by atoms with E-state index in [1.807, 2.05) is 26.1 Å². The number of nitrogens with zero attached hydrogens (tertiary/aromatic N) is 4. The number of amides is 1. The number of fused-ring (bicyclic) bond motifs is 2. The van der Waals surface area contributed by atoms with Gasteiger partial charge >= 0.3 is 0 Å². The quantitative estimate of drug-likeness (QED) is 0.796. The van der Waals surface area contributed by atoms with Crippen LogP contribution in [0.4, 0.5) is 0 Å². The minimum Gasteiger partial charge on any atom is -0.347 e. The van der Waals surface area contributed by atoms with Gasteiger partial charge in [0.05, 0.1) is 22.3 Å². The molecule has 3 aromatic rings. The minimum atomic E-state index is -0.113. The molecule has 4 rings (SSSR count). The van der Waals surface area contributed by atoms with Crippen LogP contribution in [0.15, 0.2) is 23.0 Å². The van der Waals surface area contributed by atoms with E-state index in [1.54, 1.807) is 0 Å². The van der Waals surface area contributed by atoms with Crippen molar-refractivity contribution in [2.45, 2.75) is 45.7 Å². The van der Waals surface area contributed by atoms with Gasteiger partial charge in [-0.05, 0) is 25.8 Å². The molecule has 1 aliphatic rings. The summed E-state index contributed by atoms with van der Waals surface area (Å²) in [5, 5.41) is 7.89. The number of carbonyl (C=O) groups is 1. The number of aromatic nitrogens is 4. The van der Waals surface area contributed by atoms with E-state index in [1.165, 1.54) is 6.20 Å². The summed E-state index contributed by atoms with van der Waals surface area (Å²) in [6, 6.07) is 1.91. The first-order chi connectivity index (χ1) is 11.6. The number of rotatable bonds is 3. The fourth-order valence-electron chi connectivity index (χ4n) is 3.23. The van der Waals surface area contributed by atoms with Crippen LogP contribution in [0.1, 0.15) is 40.9 Å². The van der Waals surface area contributed by atoms with Crippen LogP contribution in [-0.2, 0) is 19.4 Å². The third kappa shape index (κ3) is 2.55. The standard InChI is InChI=1S/C17H19N5O2/c1-3-14-13-6-11(7-18-17(13)24-21-14)16(23)20-12-4-5-15-19-10(2)8-22(15)9-12/h6-8,12H,3-5,9H2,1-2H3,(H,20,23). The molecule has 1 aliphatic heterocycles. The van der Waals surface area contributed by atoms with E-state index < -0.39 is 0 Å². The average Bonchev–Trinajstić information content (AvgIpc) is 3.15. The monoisotopic (exact) mass is 325 g/mol. The molecular formula is C17H19N5O2. The molecule has 0 saturated carbocycles. The molecule has 1 N–H and O–H groups in total. The number of hydrogen-bond donors (Lipinski definition) is 1. The fourth-order valence-corrected chi connectivity index (χ4v) is 3.23. The molecule has 124 valence electrons. The predicted octanol–water partition coefficient (Wildman–Crippen LogP) is 2.03. The number of nitrogens with one attached hydrogen (secondary N) is 1. The van der Waals surface area contributed by atoms with Gasteiger partial charge in [-0.2, -0.15) is 0 Å². The van der Waals surface area contributed by atoms with Crippen LogP contribution in [0.2, 0.25) is 0 Å². The van der Waals surface area contributed by atoms with Crippen LogP contribution >= 0.6 is 0 Å². The summed E-state index contributed by atoms with van der Waals surface area (Å²) in [7, 11) is 0.